The van der Waals surface area contributed by atoms with E-state index in [2.05, 4.69) is 5.32 Å². The lowest BCUT2D eigenvalue weighted by molar-refractivity contribution is -0.384. The molecular weight excluding hydrogens is 411 g/mol. The van der Waals surface area contributed by atoms with Crippen LogP contribution in [-0.4, -0.2) is 23.0 Å². The summed E-state index contributed by atoms with van der Waals surface area (Å²) in [6, 6.07) is 9.35. The van der Waals surface area contributed by atoms with Gasteiger partial charge in [0.1, 0.15) is 11.5 Å². The van der Waals surface area contributed by atoms with Crippen LogP contribution in [0.3, 0.4) is 0 Å². The molecule has 2 N–H and O–H groups in total. The molecule has 0 radical (unpaired) electrons. The summed E-state index contributed by atoms with van der Waals surface area (Å²) < 4.78 is 10.4. The smallest absolute Gasteiger partial charge is 0.284 e. The molecule has 144 valence electrons. The number of nitro benzene ring substituents is 1. The van der Waals surface area contributed by atoms with Crippen molar-refractivity contribution in [1.82, 2.24) is 0 Å². The number of ether oxygens (including phenoxy) is 1. The highest BCUT2D eigenvalue weighted by atomic mass is 35.5. The number of phenolic OH excluding ortho intramolecular Hbond substituents is 1. The Hall–Kier alpha value is -3.23. The molecule has 0 unspecified atom stereocenters. The molecule has 1 amide bonds. The van der Waals surface area contributed by atoms with E-state index in [9.17, 15) is 20.0 Å². The first-order valence-corrected chi connectivity index (χ1v) is 8.47. The fraction of sp³-hybridized carbons (Fsp3) is 0.0556. The Morgan fingerprint density at radius 1 is 1.18 bits per heavy atom. The number of nitrogens with zero attached hydrogens (tertiary/aromatic N) is 1. The topological polar surface area (TPSA) is 115 Å². The number of nitro groups is 1. The number of carbonyl (C=O) groups excluding carboxylic acids is 1. The predicted molar refractivity (Wildman–Crippen MR) is 103 cm³/mol. The third-order valence-corrected chi connectivity index (χ3v) is 4.42. The van der Waals surface area contributed by atoms with Crippen LogP contribution in [0.15, 0.2) is 46.9 Å². The molecule has 1 heterocycles. The van der Waals surface area contributed by atoms with Gasteiger partial charge < -0.3 is 19.6 Å². The van der Waals surface area contributed by atoms with Gasteiger partial charge in [-0.05, 0) is 24.3 Å². The lowest BCUT2D eigenvalue weighted by atomic mass is 10.1. The van der Waals surface area contributed by atoms with Crippen molar-refractivity contribution in [3.05, 3.63) is 68.2 Å². The Kier molecular flexibility index (Phi) is 5.43. The molecule has 0 saturated carbocycles. The van der Waals surface area contributed by atoms with E-state index in [0.717, 1.165) is 6.07 Å². The van der Waals surface area contributed by atoms with E-state index in [1.807, 2.05) is 0 Å². The van der Waals surface area contributed by atoms with E-state index >= 15 is 0 Å². The predicted octanol–water partition coefficient (Wildman–Crippen LogP) is 5.13. The van der Waals surface area contributed by atoms with Crippen LogP contribution in [0.4, 0.5) is 11.4 Å². The van der Waals surface area contributed by atoms with Crippen LogP contribution in [0.25, 0.3) is 11.3 Å². The number of methoxy groups -OCH3 is 1. The molecule has 0 aliphatic carbocycles. The molecule has 3 aromatic rings. The first-order valence-electron chi connectivity index (χ1n) is 7.72. The molecule has 0 aliphatic heterocycles. The van der Waals surface area contributed by atoms with E-state index in [1.165, 1.54) is 31.4 Å². The van der Waals surface area contributed by atoms with Crippen molar-refractivity contribution < 1.29 is 24.0 Å². The van der Waals surface area contributed by atoms with Crippen LogP contribution in [0.2, 0.25) is 10.0 Å². The Bertz CT molecular complexity index is 1080. The molecule has 0 bridgehead atoms. The molecule has 2 aromatic carbocycles. The fourth-order valence-corrected chi connectivity index (χ4v) is 2.89. The second-order valence-corrected chi connectivity index (χ2v) is 6.36. The normalized spacial score (nSPS) is 10.5. The average molecular weight is 423 g/mol. The zero-order valence-electron chi connectivity index (χ0n) is 14.2. The van der Waals surface area contributed by atoms with Gasteiger partial charge in [0.25, 0.3) is 17.5 Å². The van der Waals surface area contributed by atoms with Gasteiger partial charge in [-0.3, -0.25) is 14.9 Å². The lowest BCUT2D eigenvalue weighted by Crippen LogP contribution is -2.12. The van der Waals surface area contributed by atoms with Gasteiger partial charge in [0.2, 0.25) is 0 Å². The summed E-state index contributed by atoms with van der Waals surface area (Å²) in [6.45, 7) is 0. The number of aromatic hydroxyl groups is 1. The second-order valence-electron chi connectivity index (χ2n) is 5.55. The molecule has 8 nitrogen and oxygen atoms in total. The number of anilines is 1. The van der Waals surface area contributed by atoms with Crippen molar-refractivity contribution in [3.63, 3.8) is 0 Å². The van der Waals surface area contributed by atoms with Crippen molar-refractivity contribution in [2.45, 2.75) is 0 Å². The number of halogens is 2. The van der Waals surface area contributed by atoms with E-state index in [0.29, 0.717) is 11.3 Å². The first-order chi connectivity index (χ1) is 13.3. The van der Waals surface area contributed by atoms with Gasteiger partial charge in [-0.1, -0.05) is 23.2 Å². The zero-order chi connectivity index (χ0) is 20.4. The lowest BCUT2D eigenvalue weighted by Gasteiger charge is -2.10. The molecule has 0 atom stereocenters. The molecule has 0 fully saturated rings. The third kappa shape index (κ3) is 3.88. The summed E-state index contributed by atoms with van der Waals surface area (Å²) in [4.78, 5) is 22.6. The Morgan fingerprint density at radius 3 is 2.54 bits per heavy atom. The van der Waals surface area contributed by atoms with Gasteiger partial charge >= 0.3 is 0 Å². The Morgan fingerprint density at radius 2 is 1.93 bits per heavy atom. The largest absolute Gasteiger partial charge is 0.507 e. The highest BCUT2D eigenvalue weighted by molar-refractivity contribution is 6.35. The maximum absolute atomic E-state index is 12.5. The molecule has 3 rings (SSSR count). The molecule has 1 aromatic heterocycles. The van der Waals surface area contributed by atoms with E-state index in [1.54, 1.807) is 12.1 Å². The number of carbonyl (C=O) groups is 1. The van der Waals surface area contributed by atoms with Crippen LogP contribution in [-0.2, 0) is 0 Å². The molecule has 28 heavy (non-hydrogen) atoms. The maximum atomic E-state index is 12.5. The summed E-state index contributed by atoms with van der Waals surface area (Å²) in [5, 5.41) is 23.6. The van der Waals surface area contributed by atoms with Gasteiger partial charge in [-0.25, -0.2) is 0 Å². The molecule has 0 spiro atoms. The summed E-state index contributed by atoms with van der Waals surface area (Å²) in [5.74, 6) is -0.424. The Balaban J connectivity index is 1.88. The van der Waals surface area contributed by atoms with Gasteiger partial charge in [-0.15, -0.1) is 0 Å². The van der Waals surface area contributed by atoms with E-state index < -0.39 is 10.8 Å². The van der Waals surface area contributed by atoms with Crippen LogP contribution in [0.1, 0.15) is 10.4 Å². The number of phenols is 1. The quantitative estimate of drug-likeness (QED) is 0.434. The van der Waals surface area contributed by atoms with E-state index in [-0.39, 0.29) is 38.7 Å². The summed E-state index contributed by atoms with van der Waals surface area (Å²) >= 11 is 12.2. The maximum Gasteiger partial charge on any atom is 0.284 e. The van der Waals surface area contributed by atoms with Crippen LogP contribution in [0.5, 0.6) is 11.7 Å². The van der Waals surface area contributed by atoms with Crippen molar-refractivity contribution in [2.75, 3.05) is 12.4 Å². The first kappa shape index (κ1) is 19.5. The number of non-ortho nitro benzene ring substituents is 1. The minimum absolute atomic E-state index is 0.0209. The fourth-order valence-electron chi connectivity index (χ4n) is 2.42. The molecule has 10 heteroatoms. The minimum Gasteiger partial charge on any atom is -0.507 e. The summed E-state index contributed by atoms with van der Waals surface area (Å²) in [6.07, 6.45) is 0. The van der Waals surface area contributed by atoms with Gasteiger partial charge in [0.05, 0.1) is 33.3 Å². The number of hydrogen-bond donors (Lipinski definition) is 2. The number of benzene rings is 2. The number of furan rings is 1. The monoisotopic (exact) mass is 422 g/mol. The van der Waals surface area contributed by atoms with Crippen molar-refractivity contribution >= 4 is 40.5 Å². The number of nitrogens with one attached hydrogen (secondary N) is 1. The van der Waals surface area contributed by atoms with Crippen LogP contribution >= 0.6 is 23.2 Å². The average Bonchev–Trinajstić information content (AvgIpc) is 3.13. The highest BCUT2D eigenvalue weighted by Crippen LogP contribution is 2.36. The van der Waals surface area contributed by atoms with Crippen LogP contribution < -0.4 is 10.1 Å². The SMILES string of the molecule is COc1ccc(-c2cc(O)c(C(=O)Nc3ccc([N+](=O)[O-])cc3Cl)cc2Cl)o1. The Labute approximate surface area is 168 Å². The second kappa shape index (κ2) is 7.79. The number of rotatable bonds is 5. The van der Waals surface area contributed by atoms with E-state index in [4.69, 9.17) is 32.4 Å². The van der Waals surface area contributed by atoms with Gasteiger partial charge in [0, 0.05) is 23.8 Å². The number of hydrogen-bond acceptors (Lipinski definition) is 6. The highest BCUT2D eigenvalue weighted by Gasteiger charge is 2.19. The van der Waals surface area contributed by atoms with Crippen molar-refractivity contribution in [3.8, 4) is 23.0 Å². The summed E-state index contributed by atoms with van der Waals surface area (Å²) in [7, 11) is 1.44. The standard InChI is InChI=1S/C18H12Cl2N2O6/c1-27-17-5-4-16(28-17)10-8-15(23)11(7-12(10)19)18(24)21-14-3-2-9(22(25)26)6-13(14)20/h2-8,23H,1H3,(H,21,24). The van der Waals surface area contributed by atoms with Crippen LogP contribution in [0, 0.1) is 10.1 Å². The summed E-state index contributed by atoms with van der Waals surface area (Å²) in [5.41, 5.74) is 0.189. The van der Waals surface area contributed by atoms with Crippen molar-refractivity contribution in [2.24, 2.45) is 0 Å². The van der Waals surface area contributed by atoms with Gasteiger partial charge in [0.15, 0.2) is 0 Å². The molecule has 0 aliphatic rings. The molecular formula is C18H12Cl2N2O6. The molecule has 0 saturated heterocycles. The zero-order valence-corrected chi connectivity index (χ0v) is 15.7. The number of amides is 1. The van der Waals surface area contributed by atoms with Gasteiger partial charge in [-0.2, -0.15) is 0 Å². The minimum atomic E-state index is -0.696. The third-order valence-electron chi connectivity index (χ3n) is 3.79. The van der Waals surface area contributed by atoms with Crippen molar-refractivity contribution in [1.29, 1.82) is 0 Å².